The van der Waals surface area contributed by atoms with Gasteiger partial charge in [0.1, 0.15) is 13.2 Å². The number of carbonyl (C=O) groups excluding carboxylic acids is 3. The van der Waals surface area contributed by atoms with Gasteiger partial charge in [-0.2, -0.15) is 0 Å². The van der Waals surface area contributed by atoms with Crippen LogP contribution in [0.1, 0.15) is 226 Å². The van der Waals surface area contributed by atoms with E-state index in [4.69, 9.17) is 14.2 Å². The maximum absolute atomic E-state index is 12.8. The summed E-state index contributed by atoms with van der Waals surface area (Å²) in [5.74, 6) is -1.03. The molecule has 0 radical (unpaired) electrons. The molecule has 0 heterocycles. The molecular formula is C61H98O6. The Morgan fingerprint density at radius 3 is 1.01 bits per heavy atom. The first kappa shape index (κ1) is 62.8. The lowest BCUT2D eigenvalue weighted by molar-refractivity contribution is -0.166. The maximum Gasteiger partial charge on any atom is 0.306 e. The average Bonchev–Trinajstić information content (AvgIpc) is 3.33. The molecule has 0 unspecified atom stereocenters. The lowest BCUT2D eigenvalue weighted by Crippen LogP contribution is -2.30. The first-order valence-corrected chi connectivity index (χ1v) is 27.0. The molecule has 0 aromatic heterocycles. The second-order valence-corrected chi connectivity index (χ2v) is 17.4. The molecular weight excluding hydrogens is 829 g/mol. The van der Waals surface area contributed by atoms with Crippen LogP contribution in [0.25, 0.3) is 0 Å². The van der Waals surface area contributed by atoms with Crippen molar-refractivity contribution in [2.75, 3.05) is 13.2 Å². The molecule has 0 bridgehead atoms. The van der Waals surface area contributed by atoms with Crippen molar-refractivity contribution in [1.29, 1.82) is 0 Å². The summed E-state index contributed by atoms with van der Waals surface area (Å²) >= 11 is 0. The van der Waals surface area contributed by atoms with E-state index in [2.05, 4.69) is 130 Å². The Labute approximate surface area is 412 Å². The number of hydrogen-bond acceptors (Lipinski definition) is 6. The highest BCUT2D eigenvalue weighted by Crippen LogP contribution is 2.13. The summed E-state index contributed by atoms with van der Waals surface area (Å²) in [6.45, 7) is 6.31. The molecule has 6 heteroatoms. The van der Waals surface area contributed by atoms with Gasteiger partial charge in [-0.05, 0) is 116 Å². The number of hydrogen-bond donors (Lipinski definition) is 0. The van der Waals surface area contributed by atoms with Crippen LogP contribution < -0.4 is 0 Å². The maximum atomic E-state index is 12.8. The molecule has 0 aliphatic heterocycles. The molecule has 0 aliphatic carbocycles. The molecule has 378 valence electrons. The Morgan fingerprint density at radius 2 is 0.612 bits per heavy atom. The highest BCUT2D eigenvalue weighted by atomic mass is 16.6. The van der Waals surface area contributed by atoms with Crippen molar-refractivity contribution < 1.29 is 28.6 Å². The third-order valence-corrected chi connectivity index (χ3v) is 10.9. The van der Waals surface area contributed by atoms with Crippen LogP contribution in [0.15, 0.2) is 122 Å². The monoisotopic (exact) mass is 927 g/mol. The van der Waals surface area contributed by atoms with Gasteiger partial charge < -0.3 is 14.2 Å². The second kappa shape index (κ2) is 54.4. The van der Waals surface area contributed by atoms with Gasteiger partial charge in [0.25, 0.3) is 0 Å². The molecule has 0 saturated carbocycles. The summed E-state index contributed by atoms with van der Waals surface area (Å²) in [5.41, 5.74) is 0. The number of rotatable bonds is 47. The molecule has 0 aliphatic rings. The predicted molar refractivity (Wildman–Crippen MR) is 288 cm³/mol. The number of esters is 3. The predicted octanol–water partition coefficient (Wildman–Crippen LogP) is 18.1. The highest BCUT2D eigenvalue weighted by Gasteiger charge is 2.19. The number of carbonyl (C=O) groups is 3. The van der Waals surface area contributed by atoms with Crippen molar-refractivity contribution in [1.82, 2.24) is 0 Å². The molecule has 1 atom stereocenters. The Bertz CT molecular complexity index is 1440. The SMILES string of the molecule is CC/C=C\C/C=C\C/C=C\C/C=C\C/C=C\C/C=C\CCC(=O)OC[C@H](COC(=O)CCCCCCCCC/C=C\CCCCCC)OC(=O)CCCCCCC/C=C\C/C=C\C/C=C\CC. The standard InChI is InChI=1S/C61H98O6/c1-4-7-10-13-16-19-22-25-28-29-30-31-34-36-39-42-45-48-51-54-60(63)66-57-58(67-61(64)55-52-49-46-43-40-37-33-27-24-21-18-15-12-9-6-3)56-65-59(62)53-50-47-44-41-38-35-32-26-23-20-17-14-11-8-5-2/h7,9-10,12,16,18-21,23,25,27-28,30-31,33,36,39,45,48,58H,4-6,8,11,13-15,17,22,24,26,29,32,34-35,37-38,40-44,46-47,49-57H2,1-3H3/b10-7-,12-9-,19-16-,21-18-,23-20-,28-25-,31-30-,33-27-,39-36-,48-45-/t58-/m0/s1. The number of unbranched alkanes of at least 4 members (excludes halogenated alkanes) is 16. The van der Waals surface area contributed by atoms with Crippen molar-refractivity contribution in [3.05, 3.63) is 122 Å². The van der Waals surface area contributed by atoms with Crippen molar-refractivity contribution in [2.45, 2.75) is 232 Å². The van der Waals surface area contributed by atoms with E-state index in [-0.39, 0.29) is 44.0 Å². The summed E-state index contributed by atoms with van der Waals surface area (Å²) in [4.78, 5) is 38.0. The quantitative estimate of drug-likeness (QED) is 0.0262. The number of allylic oxidation sites excluding steroid dienone is 20. The van der Waals surface area contributed by atoms with Gasteiger partial charge in [-0.15, -0.1) is 0 Å². The van der Waals surface area contributed by atoms with Crippen molar-refractivity contribution in [3.8, 4) is 0 Å². The molecule has 67 heavy (non-hydrogen) atoms. The van der Waals surface area contributed by atoms with Gasteiger partial charge >= 0.3 is 17.9 Å². The molecule has 0 N–H and O–H groups in total. The van der Waals surface area contributed by atoms with E-state index in [9.17, 15) is 14.4 Å². The van der Waals surface area contributed by atoms with Crippen molar-refractivity contribution in [2.24, 2.45) is 0 Å². The van der Waals surface area contributed by atoms with E-state index >= 15 is 0 Å². The van der Waals surface area contributed by atoms with E-state index in [1.165, 1.54) is 64.2 Å². The Morgan fingerprint density at radius 1 is 0.313 bits per heavy atom. The van der Waals surface area contributed by atoms with Crippen LogP contribution >= 0.6 is 0 Å². The fourth-order valence-corrected chi connectivity index (χ4v) is 6.95. The minimum atomic E-state index is -0.823. The minimum absolute atomic E-state index is 0.114. The second-order valence-electron chi connectivity index (χ2n) is 17.4. The van der Waals surface area contributed by atoms with Crippen molar-refractivity contribution in [3.63, 3.8) is 0 Å². The molecule has 0 rings (SSSR count). The molecule has 0 aromatic carbocycles. The zero-order chi connectivity index (χ0) is 48.6. The van der Waals surface area contributed by atoms with Gasteiger partial charge in [0.05, 0.1) is 0 Å². The highest BCUT2D eigenvalue weighted by molar-refractivity contribution is 5.71. The topological polar surface area (TPSA) is 78.9 Å². The van der Waals surface area contributed by atoms with Crippen LogP contribution in [-0.4, -0.2) is 37.2 Å². The molecule has 0 spiro atoms. The summed E-state index contributed by atoms with van der Waals surface area (Å²) < 4.78 is 16.7. The molecule has 0 saturated heterocycles. The van der Waals surface area contributed by atoms with Crippen LogP contribution in [0.5, 0.6) is 0 Å². The lowest BCUT2D eigenvalue weighted by atomic mass is 10.1. The van der Waals surface area contributed by atoms with Crippen LogP contribution in [0.2, 0.25) is 0 Å². The Kier molecular flexibility index (Phi) is 51.0. The Balaban J connectivity index is 4.55. The fourth-order valence-electron chi connectivity index (χ4n) is 6.95. The summed E-state index contributed by atoms with van der Waals surface area (Å²) in [6.07, 6.45) is 74.8. The van der Waals surface area contributed by atoms with E-state index in [1.54, 1.807) is 0 Å². The summed E-state index contributed by atoms with van der Waals surface area (Å²) in [5, 5.41) is 0. The average molecular weight is 927 g/mol. The van der Waals surface area contributed by atoms with E-state index < -0.39 is 6.10 Å². The lowest BCUT2D eigenvalue weighted by Gasteiger charge is -2.18. The van der Waals surface area contributed by atoms with Gasteiger partial charge in [0.15, 0.2) is 6.10 Å². The van der Waals surface area contributed by atoms with E-state index in [0.29, 0.717) is 12.8 Å². The van der Waals surface area contributed by atoms with Gasteiger partial charge in [-0.3, -0.25) is 14.4 Å². The third kappa shape index (κ3) is 52.6. The third-order valence-electron chi connectivity index (χ3n) is 10.9. The van der Waals surface area contributed by atoms with Crippen molar-refractivity contribution >= 4 is 17.9 Å². The van der Waals surface area contributed by atoms with E-state index in [0.717, 1.165) is 116 Å². The van der Waals surface area contributed by atoms with E-state index in [1.807, 2.05) is 12.2 Å². The fraction of sp³-hybridized carbons (Fsp3) is 0.623. The Hall–Kier alpha value is -4.19. The van der Waals surface area contributed by atoms with Crippen LogP contribution in [-0.2, 0) is 28.6 Å². The zero-order valence-corrected chi connectivity index (χ0v) is 43.1. The van der Waals surface area contributed by atoms with Gasteiger partial charge in [0, 0.05) is 19.3 Å². The molecule has 6 nitrogen and oxygen atoms in total. The smallest absolute Gasteiger partial charge is 0.306 e. The van der Waals surface area contributed by atoms with Crippen LogP contribution in [0, 0.1) is 0 Å². The zero-order valence-electron chi connectivity index (χ0n) is 43.1. The first-order valence-electron chi connectivity index (χ1n) is 27.0. The van der Waals surface area contributed by atoms with Gasteiger partial charge in [-0.25, -0.2) is 0 Å². The molecule has 0 amide bonds. The summed E-state index contributed by atoms with van der Waals surface area (Å²) in [7, 11) is 0. The van der Waals surface area contributed by atoms with Gasteiger partial charge in [-0.1, -0.05) is 213 Å². The normalized spacial score (nSPS) is 13.1. The largest absolute Gasteiger partial charge is 0.462 e. The van der Waals surface area contributed by atoms with Crippen LogP contribution in [0.4, 0.5) is 0 Å². The molecule has 0 aromatic rings. The molecule has 0 fully saturated rings. The first-order chi connectivity index (χ1) is 33.0. The summed E-state index contributed by atoms with van der Waals surface area (Å²) in [6, 6.07) is 0. The van der Waals surface area contributed by atoms with Crippen LogP contribution in [0.3, 0.4) is 0 Å². The van der Waals surface area contributed by atoms with Gasteiger partial charge in [0.2, 0.25) is 0 Å². The minimum Gasteiger partial charge on any atom is -0.462 e. The number of ether oxygens (including phenoxy) is 3.